The summed E-state index contributed by atoms with van der Waals surface area (Å²) < 4.78 is -1.48. The van der Waals surface area contributed by atoms with E-state index >= 15 is 0 Å². The van der Waals surface area contributed by atoms with Crippen LogP contribution >= 0.6 is 34.8 Å². The molecule has 0 rings (SSSR count). The molecule has 0 saturated heterocycles. The number of alkyl halides is 3. The third kappa shape index (κ3) is 6.50. The molecule has 0 spiro atoms. The minimum absolute atomic E-state index is 0.353. The average molecular weight is 176 g/mol. The second kappa shape index (κ2) is 3.51. The van der Waals surface area contributed by atoms with E-state index in [9.17, 15) is 0 Å². The van der Waals surface area contributed by atoms with Crippen LogP contribution in [0.25, 0.3) is 0 Å². The molecule has 0 aliphatic heterocycles. The summed E-state index contributed by atoms with van der Waals surface area (Å²) in [5.41, 5.74) is 0. The topological polar surface area (TPSA) is 32.6 Å². The lowest BCUT2D eigenvalue weighted by Crippen LogP contribution is -2.03. The first-order valence-electron chi connectivity index (χ1n) is 1.75. The van der Waals surface area contributed by atoms with Crippen LogP contribution in [0.5, 0.6) is 0 Å². The van der Waals surface area contributed by atoms with Crippen LogP contribution in [-0.2, 0) is 0 Å². The van der Waals surface area contributed by atoms with Crippen molar-refractivity contribution < 1.29 is 5.11 Å². The van der Waals surface area contributed by atoms with E-state index in [1.54, 1.807) is 0 Å². The summed E-state index contributed by atoms with van der Waals surface area (Å²) >= 11 is 15.5. The summed E-state index contributed by atoms with van der Waals surface area (Å²) in [6.45, 7) is -0.353. The van der Waals surface area contributed by atoms with E-state index in [-0.39, 0.29) is 6.73 Å². The van der Waals surface area contributed by atoms with E-state index in [2.05, 4.69) is 4.99 Å². The standard InChI is InChI=1S/C3H4Cl3NO/c4-3(5,6)1-7-2-8/h1,8H,2H2. The Bertz CT molecular complexity index is 87.0. The van der Waals surface area contributed by atoms with Gasteiger partial charge in [0.05, 0.1) is 6.21 Å². The first kappa shape index (κ1) is 8.50. The lowest BCUT2D eigenvalue weighted by molar-refractivity contribution is 0.310. The van der Waals surface area contributed by atoms with Gasteiger partial charge in [0.2, 0.25) is 3.79 Å². The van der Waals surface area contributed by atoms with Crippen LogP contribution in [0.15, 0.2) is 4.99 Å². The van der Waals surface area contributed by atoms with Gasteiger partial charge in [-0.3, -0.25) is 4.99 Å². The molecule has 0 bridgehead atoms. The van der Waals surface area contributed by atoms with E-state index in [0.717, 1.165) is 6.21 Å². The molecule has 0 aliphatic rings. The molecule has 0 aromatic rings. The third-order valence-corrected chi connectivity index (χ3v) is 0.612. The summed E-state index contributed by atoms with van der Waals surface area (Å²) in [4.78, 5) is 3.28. The normalized spacial score (nSPS) is 13.0. The van der Waals surface area contributed by atoms with Gasteiger partial charge in [0.1, 0.15) is 6.73 Å². The molecule has 0 unspecified atom stereocenters. The Labute approximate surface area is 62.1 Å². The molecule has 0 saturated carbocycles. The molecule has 48 valence electrons. The molecule has 8 heavy (non-hydrogen) atoms. The highest BCUT2D eigenvalue weighted by Gasteiger charge is 2.14. The van der Waals surface area contributed by atoms with E-state index in [0.29, 0.717) is 0 Å². The van der Waals surface area contributed by atoms with Gasteiger partial charge in [-0.2, -0.15) is 0 Å². The zero-order valence-electron chi connectivity index (χ0n) is 3.81. The van der Waals surface area contributed by atoms with E-state index in [1.807, 2.05) is 0 Å². The highest BCUT2D eigenvalue weighted by Crippen LogP contribution is 2.22. The highest BCUT2D eigenvalue weighted by molar-refractivity contribution is 6.74. The van der Waals surface area contributed by atoms with Crippen LogP contribution in [0.4, 0.5) is 0 Å². The number of hydrogen-bond donors (Lipinski definition) is 1. The molecule has 0 radical (unpaired) electrons. The van der Waals surface area contributed by atoms with Crippen molar-refractivity contribution in [1.29, 1.82) is 0 Å². The maximum absolute atomic E-state index is 8.06. The maximum atomic E-state index is 8.06. The summed E-state index contributed by atoms with van der Waals surface area (Å²) in [6, 6.07) is 0. The largest absolute Gasteiger partial charge is 0.375 e. The monoisotopic (exact) mass is 175 g/mol. The summed E-state index contributed by atoms with van der Waals surface area (Å²) in [5, 5.41) is 8.06. The number of rotatable bonds is 1. The van der Waals surface area contributed by atoms with Crippen LogP contribution in [0.3, 0.4) is 0 Å². The highest BCUT2D eigenvalue weighted by atomic mass is 35.6. The van der Waals surface area contributed by atoms with Gasteiger partial charge in [0.25, 0.3) is 0 Å². The number of aliphatic hydroxyl groups excluding tert-OH is 1. The molecular formula is C3H4Cl3NO. The first-order valence-corrected chi connectivity index (χ1v) is 2.88. The van der Waals surface area contributed by atoms with Gasteiger partial charge < -0.3 is 5.11 Å². The fourth-order valence-corrected chi connectivity index (χ4v) is 0.351. The Morgan fingerprint density at radius 3 is 2.12 bits per heavy atom. The van der Waals surface area contributed by atoms with Crippen LogP contribution in [0.1, 0.15) is 0 Å². The Balaban J connectivity index is 3.52. The lowest BCUT2D eigenvalue weighted by atomic mass is 10.8. The molecule has 1 N–H and O–H groups in total. The fourth-order valence-electron chi connectivity index (χ4n) is 0.144. The Kier molecular flexibility index (Phi) is 3.73. The van der Waals surface area contributed by atoms with Crippen molar-refractivity contribution in [2.45, 2.75) is 3.79 Å². The van der Waals surface area contributed by atoms with Crippen molar-refractivity contribution in [3.8, 4) is 0 Å². The maximum Gasteiger partial charge on any atom is 0.225 e. The van der Waals surface area contributed by atoms with Gasteiger partial charge in [-0.1, -0.05) is 34.8 Å². The molecule has 0 fully saturated rings. The van der Waals surface area contributed by atoms with Crippen LogP contribution in [0.2, 0.25) is 0 Å². The number of nitrogens with zero attached hydrogens (tertiary/aromatic N) is 1. The smallest absolute Gasteiger partial charge is 0.225 e. The van der Waals surface area contributed by atoms with E-state index in [4.69, 9.17) is 39.9 Å². The predicted octanol–water partition coefficient (Wildman–Crippen LogP) is 1.38. The molecule has 0 aromatic carbocycles. The second-order valence-electron chi connectivity index (χ2n) is 0.995. The van der Waals surface area contributed by atoms with Crippen LogP contribution in [0, 0.1) is 0 Å². The van der Waals surface area contributed by atoms with Crippen molar-refractivity contribution >= 4 is 41.0 Å². The minimum atomic E-state index is -1.48. The quantitative estimate of drug-likeness (QED) is 0.475. The molecular weight excluding hydrogens is 172 g/mol. The van der Waals surface area contributed by atoms with Crippen molar-refractivity contribution in [3.05, 3.63) is 0 Å². The fraction of sp³-hybridized carbons (Fsp3) is 0.667. The Hall–Kier alpha value is 0.500. The van der Waals surface area contributed by atoms with Gasteiger partial charge in [-0.25, -0.2) is 0 Å². The summed E-state index contributed by atoms with van der Waals surface area (Å²) in [6.07, 6.45) is 1.04. The van der Waals surface area contributed by atoms with Gasteiger partial charge in [-0.05, 0) is 0 Å². The molecule has 5 heteroatoms. The molecule has 0 amide bonds. The van der Waals surface area contributed by atoms with E-state index in [1.165, 1.54) is 0 Å². The number of halogens is 3. The van der Waals surface area contributed by atoms with Crippen LogP contribution < -0.4 is 0 Å². The van der Waals surface area contributed by atoms with Gasteiger partial charge in [0, 0.05) is 0 Å². The van der Waals surface area contributed by atoms with Crippen molar-refractivity contribution in [2.24, 2.45) is 4.99 Å². The van der Waals surface area contributed by atoms with Crippen molar-refractivity contribution in [3.63, 3.8) is 0 Å². The van der Waals surface area contributed by atoms with Crippen LogP contribution in [-0.4, -0.2) is 21.8 Å². The number of aliphatic imine (C=N–C) groups is 1. The molecule has 0 aromatic heterocycles. The Morgan fingerprint density at radius 1 is 1.50 bits per heavy atom. The number of hydrogen-bond acceptors (Lipinski definition) is 2. The minimum Gasteiger partial charge on any atom is -0.375 e. The van der Waals surface area contributed by atoms with E-state index < -0.39 is 3.79 Å². The molecule has 0 aliphatic carbocycles. The third-order valence-electron chi connectivity index (χ3n) is 0.319. The predicted molar refractivity (Wildman–Crippen MR) is 35.9 cm³/mol. The molecule has 0 heterocycles. The second-order valence-corrected chi connectivity index (χ2v) is 3.36. The lowest BCUT2D eigenvalue weighted by Gasteiger charge is -1.98. The van der Waals surface area contributed by atoms with Crippen molar-refractivity contribution in [1.82, 2.24) is 0 Å². The summed E-state index contributed by atoms with van der Waals surface area (Å²) in [7, 11) is 0. The summed E-state index contributed by atoms with van der Waals surface area (Å²) in [5.74, 6) is 0. The van der Waals surface area contributed by atoms with Crippen molar-refractivity contribution in [2.75, 3.05) is 6.73 Å². The van der Waals surface area contributed by atoms with Gasteiger partial charge in [-0.15, -0.1) is 0 Å². The zero-order chi connectivity index (χ0) is 6.62. The molecule has 2 nitrogen and oxygen atoms in total. The number of aliphatic hydroxyl groups is 1. The zero-order valence-corrected chi connectivity index (χ0v) is 6.08. The average Bonchev–Trinajstić information content (AvgIpc) is 1.59. The molecule has 0 atom stereocenters. The van der Waals surface area contributed by atoms with Gasteiger partial charge in [0.15, 0.2) is 0 Å². The van der Waals surface area contributed by atoms with Gasteiger partial charge >= 0.3 is 0 Å². The Morgan fingerprint density at radius 2 is 2.00 bits per heavy atom. The first-order chi connectivity index (χ1) is 3.56. The SMILES string of the molecule is OCN=CC(Cl)(Cl)Cl.